The number of nitrogens with one attached hydrogen (secondary N) is 2. The summed E-state index contributed by atoms with van der Waals surface area (Å²) in [6.45, 7) is 5.28. The summed E-state index contributed by atoms with van der Waals surface area (Å²) in [7, 11) is 0. The van der Waals surface area contributed by atoms with E-state index in [2.05, 4.69) is 43.0 Å². The lowest BCUT2D eigenvalue weighted by atomic mass is 10.1. The van der Waals surface area contributed by atoms with Crippen LogP contribution in [0.15, 0.2) is 36.7 Å². The third-order valence-corrected chi connectivity index (χ3v) is 7.43. The van der Waals surface area contributed by atoms with Gasteiger partial charge in [0, 0.05) is 57.3 Å². The lowest BCUT2D eigenvalue weighted by Gasteiger charge is -2.26. The lowest BCUT2D eigenvalue weighted by molar-refractivity contribution is 0.0904. The quantitative estimate of drug-likeness (QED) is 0.438. The number of hydrogen-bond acceptors (Lipinski definition) is 10. The Kier molecular flexibility index (Phi) is 5.99. The second-order valence-corrected chi connectivity index (χ2v) is 9.64. The van der Waals surface area contributed by atoms with E-state index in [1.165, 1.54) is 0 Å². The van der Waals surface area contributed by atoms with Crippen LogP contribution in [-0.4, -0.2) is 70.2 Å². The number of rotatable bonds is 5. The van der Waals surface area contributed by atoms with Gasteiger partial charge in [0.2, 0.25) is 5.13 Å². The number of nitriles is 1. The van der Waals surface area contributed by atoms with Crippen LogP contribution in [0, 0.1) is 11.3 Å². The van der Waals surface area contributed by atoms with Crippen LogP contribution in [0.3, 0.4) is 0 Å². The summed E-state index contributed by atoms with van der Waals surface area (Å²) in [5, 5.41) is 31.6. The third kappa shape index (κ3) is 4.43. The molecule has 0 amide bonds. The van der Waals surface area contributed by atoms with E-state index in [1.54, 1.807) is 17.5 Å². The Labute approximate surface area is 206 Å². The molecule has 2 N–H and O–H groups in total. The molecule has 4 aromatic heterocycles. The van der Waals surface area contributed by atoms with Gasteiger partial charge < -0.3 is 20.3 Å². The van der Waals surface area contributed by atoms with Gasteiger partial charge in [-0.15, -0.1) is 10.2 Å². The molecule has 0 aliphatic carbocycles. The van der Waals surface area contributed by atoms with Crippen LogP contribution in [0.1, 0.15) is 18.4 Å². The highest BCUT2D eigenvalue weighted by atomic mass is 32.1. The number of anilines is 2. The van der Waals surface area contributed by atoms with Gasteiger partial charge >= 0.3 is 0 Å². The Morgan fingerprint density at radius 3 is 2.80 bits per heavy atom. The molecule has 4 aromatic rings. The predicted molar refractivity (Wildman–Crippen MR) is 135 cm³/mol. The van der Waals surface area contributed by atoms with E-state index in [9.17, 15) is 5.26 Å². The number of aromatic nitrogens is 5. The molecule has 0 bridgehead atoms. The van der Waals surface area contributed by atoms with Crippen molar-refractivity contribution in [2.24, 2.45) is 0 Å². The van der Waals surface area contributed by atoms with Crippen molar-refractivity contribution in [3.63, 3.8) is 0 Å². The van der Waals surface area contributed by atoms with Crippen molar-refractivity contribution >= 4 is 27.7 Å². The molecule has 35 heavy (non-hydrogen) atoms. The van der Waals surface area contributed by atoms with E-state index in [0.717, 1.165) is 90.5 Å². The molecule has 2 aliphatic heterocycles. The molecule has 2 saturated heterocycles. The fourth-order valence-corrected chi connectivity index (χ4v) is 5.43. The summed E-state index contributed by atoms with van der Waals surface area (Å²) in [5.41, 5.74) is 4.97. The van der Waals surface area contributed by atoms with Gasteiger partial charge in [-0.1, -0.05) is 11.3 Å². The van der Waals surface area contributed by atoms with Crippen molar-refractivity contribution in [2.75, 3.05) is 49.6 Å². The summed E-state index contributed by atoms with van der Waals surface area (Å²) in [6.07, 6.45) is 5.35. The zero-order valence-electron chi connectivity index (χ0n) is 19.1. The van der Waals surface area contributed by atoms with Crippen molar-refractivity contribution in [1.82, 2.24) is 30.1 Å². The van der Waals surface area contributed by atoms with Crippen molar-refractivity contribution < 1.29 is 4.74 Å². The van der Waals surface area contributed by atoms with Crippen LogP contribution in [0.2, 0.25) is 0 Å². The van der Waals surface area contributed by atoms with Gasteiger partial charge in [-0.05, 0) is 37.1 Å². The molecule has 178 valence electrons. The maximum atomic E-state index is 9.19. The summed E-state index contributed by atoms with van der Waals surface area (Å²) >= 11 is 1.60. The minimum atomic E-state index is 0.318. The Bertz CT molecular complexity index is 1380. The fourth-order valence-electron chi connectivity index (χ4n) is 4.51. The van der Waals surface area contributed by atoms with E-state index in [1.807, 2.05) is 28.9 Å². The second kappa shape index (κ2) is 9.58. The van der Waals surface area contributed by atoms with E-state index < -0.39 is 0 Å². The van der Waals surface area contributed by atoms with Crippen LogP contribution < -0.4 is 15.5 Å². The normalized spacial score (nSPS) is 16.9. The Morgan fingerprint density at radius 2 is 1.97 bits per heavy atom. The molecule has 2 aliphatic rings. The summed E-state index contributed by atoms with van der Waals surface area (Å²) < 4.78 is 7.37. The van der Waals surface area contributed by atoms with E-state index in [-0.39, 0.29) is 0 Å². The molecule has 0 radical (unpaired) electrons. The largest absolute Gasteiger partial charge is 0.381 e. The number of hydrogen-bond donors (Lipinski definition) is 2. The average molecular weight is 488 g/mol. The van der Waals surface area contributed by atoms with Crippen LogP contribution in [-0.2, 0) is 4.74 Å². The van der Waals surface area contributed by atoms with E-state index in [0.29, 0.717) is 11.6 Å². The van der Waals surface area contributed by atoms with Crippen molar-refractivity contribution in [1.29, 1.82) is 5.26 Å². The van der Waals surface area contributed by atoms with Gasteiger partial charge in [0.15, 0.2) is 5.01 Å². The van der Waals surface area contributed by atoms with Crippen molar-refractivity contribution in [3.05, 3.63) is 42.2 Å². The Hall–Kier alpha value is -3.59. The number of fused-ring (bicyclic) bond motifs is 1. The minimum Gasteiger partial charge on any atom is -0.381 e. The molecule has 0 saturated carbocycles. The summed E-state index contributed by atoms with van der Waals surface area (Å²) in [4.78, 5) is 7.07. The Balaban J connectivity index is 1.38. The highest BCUT2D eigenvalue weighted by molar-refractivity contribution is 7.18. The first kappa shape index (κ1) is 21.9. The van der Waals surface area contributed by atoms with Gasteiger partial charge in [-0.3, -0.25) is 4.98 Å². The predicted octanol–water partition coefficient (Wildman–Crippen LogP) is 2.79. The first-order chi connectivity index (χ1) is 17.3. The zero-order chi connectivity index (χ0) is 23.6. The average Bonchev–Trinajstić information content (AvgIpc) is 3.57. The molecule has 6 heterocycles. The molecule has 11 heteroatoms. The minimum absolute atomic E-state index is 0.318. The van der Waals surface area contributed by atoms with Crippen LogP contribution in [0.4, 0.5) is 10.8 Å². The van der Waals surface area contributed by atoms with Gasteiger partial charge in [-0.2, -0.15) is 10.4 Å². The van der Waals surface area contributed by atoms with Crippen molar-refractivity contribution in [3.8, 4) is 28.0 Å². The molecule has 2 fully saturated rings. The van der Waals surface area contributed by atoms with E-state index in [4.69, 9.17) is 9.72 Å². The standard InChI is InChI=1S/C24H25N9OS/c25-13-16-11-18-1-2-22(33(18)28-14-16)21-12-20(29-17-3-9-34-10-4-17)19(15-27-21)23-30-31-24(35-23)32-7-5-26-6-8-32/h1-2,11-12,14-15,17,26H,3-10H2,(H,27,29). The smallest absolute Gasteiger partial charge is 0.208 e. The Morgan fingerprint density at radius 1 is 1.11 bits per heavy atom. The summed E-state index contributed by atoms with van der Waals surface area (Å²) in [6, 6.07) is 10.3. The van der Waals surface area contributed by atoms with E-state index >= 15 is 0 Å². The second-order valence-electron chi connectivity index (χ2n) is 8.68. The highest BCUT2D eigenvalue weighted by Gasteiger charge is 2.21. The molecule has 0 unspecified atom stereocenters. The number of pyridine rings is 1. The van der Waals surface area contributed by atoms with Gasteiger partial charge in [0.1, 0.15) is 6.07 Å². The maximum absolute atomic E-state index is 9.19. The molecular weight excluding hydrogens is 462 g/mol. The molecular formula is C24H25N9OS. The monoisotopic (exact) mass is 487 g/mol. The fraction of sp³-hybridized carbons (Fsp3) is 0.375. The van der Waals surface area contributed by atoms with Gasteiger partial charge in [0.25, 0.3) is 0 Å². The topological polar surface area (TPSA) is 116 Å². The SMILES string of the molecule is N#Cc1cnn2c(-c3cc(NC4CCOCC4)c(-c4nnc(N5CCNCC5)s4)cn3)ccc2c1. The van der Waals surface area contributed by atoms with Crippen molar-refractivity contribution in [2.45, 2.75) is 18.9 Å². The lowest BCUT2D eigenvalue weighted by Crippen LogP contribution is -2.43. The zero-order valence-corrected chi connectivity index (χ0v) is 20.0. The number of piperazine rings is 1. The summed E-state index contributed by atoms with van der Waals surface area (Å²) in [5.74, 6) is 0. The molecule has 0 aromatic carbocycles. The molecule has 10 nitrogen and oxygen atoms in total. The number of ether oxygens (including phenoxy) is 1. The number of nitrogens with zero attached hydrogens (tertiary/aromatic N) is 7. The first-order valence-corrected chi connectivity index (χ1v) is 12.6. The van der Waals surface area contributed by atoms with Gasteiger partial charge in [-0.25, -0.2) is 4.52 Å². The van der Waals surface area contributed by atoms with Crippen LogP contribution in [0.5, 0.6) is 0 Å². The molecule has 0 spiro atoms. The molecule has 0 atom stereocenters. The van der Waals surface area contributed by atoms with Gasteiger partial charge in [0.05, 0.1) is 34.2 Å². The third-order valence-electron chi connectivity index (χ3n) is 6.41. The maximum Gasteiger partial charge on any atom is 0.208 e. The molecule has 6 rings (SSSR count). The first-order valence-electron chi connectivity index (χ1n) is 11.8. The van der Waals surface area contributed by atoms with Crippen LogP contribution >= 0.6 is 11.3 Å². The highest BCUT2D eigenvalue weighted by Crippen LogP contribution is 2.36. The van der Waals surface area contributed by atoms with Crippen LogP contribution in [0.25, 0.3) is 27.5 Å².